The summed E-state index contributed by atoms with van der Waals surface area (Å²) in [5, 5.41) is 11.6. The molecule has 1 aromatic carbocycles. The molecule has 1 amide bonds. The second-order valence-electron chi connectivity index (χ2n) is 7.02. The average molecular weight is 458 g/mol. The van der Waals surface area contributed by atoms with Gasteiger partial charge in [0.2, 0.25) is 5.91 Å². The van der Waals surface area contributed by atoms with Crippen LogP contribution >= 0.6 is 23.4 Å². The van der Waals surface area contributed by atoms with Gasteiger partial charge in [0.15, 0.2) is 0 Å². The number of hydrogen-bond acceptors (Lipinski definition) is 4. The summed E-state index contributed by atoms with van der Waals surface area (Å²) in [6, 6.07) is 5.25. The van der Waals surface area contributed by atoms with Crippen LogP contribution in [-0.4, -0.2) is 16.6 Å². The smallest absolute Gasteiger partial charge is 0.325 e. The van der Waals surface area contributed by atoms with Crippen molar-refractivity contribution in [3.63, 3.8) is 0 Å². The van der Waals surface area contributed by atoms with Crippen molar-refractivity contribution in [2.75, 3.05) is 11.1 Å². The van der Waals surface area contributed by atoms with Crippen molar-refractivity contribution >= 4 is 35.0 Å². The van der Waals surface area contributed by atoms with Gasteiger partial charge in [0, 0.05) is 11.4 Å². The summed E-state index contributed by atoms with van der Waals surface area (Å²) in [4.78, 5) is 16.5. The quantitative estimate of drug-likeness (QED) is 0.478. The molecule has 158 valence electrons. The number of carbonyl (C=O) groups excluding carboxylic acids is 1. The summed E-state index contributed by atoms with van der Waals surface area (Å²) in [6.45, 7) is 1.86. The van der Waals surface area contributed by atoms with Crippen LogP contribution in [0.15, 0.2) is 23.2 Å². The van der Waals surface area contributed by atoms with Crippen molar-refractivity contribution in [1.82, 2.24) is 4.98 Å². The molecule has 0 saturated carbocycles. The minimum Gasteiger partial charge on any atom is -0.325 e. The van der Waals surface area contributed by atoms with Crippen LogP contribution in [0.2, 0.25) is 5.02 Å². The number of alkyl halides is 3. The molecule has 1 heterocycles. The van der Waals surface area contributed by atoms with E-state index in [9.17, 15) is 27.6 Å². The number of pyridine rings is 1. The predicted octanol–water partition coefficient (Wildman–Crippen LogP) is 5.62. The first-order valence-electron chi connectivity index (χ1n) is 9.01. The average Bonchev–Trinajstić information content (AvgIpc) is 2.67. The molecule has 10 heteroatoms. The highest BCUT2D eigenvalue weighted by molar-refractivity contribution is 8.00. The third-order valence-electron chi connectivity index (χ3n) is 4.72. The first-order chi connectivity index (χ1) is 14.1. The summed E-state index contributed by atoms with van der Waals surface area (Å²) in [5.41, 5.74) is -0.858. The zero-order valence-corrected chi connectivity index (χ0v) is 17.3. The number of nitrogens with one attached hydrogen (secondary N) is 1. The first kappa shape index (κ1) is 22.4. The molecule has 4 nitrogen and oxygen atoms in total. The molecule has 1 atom stereocenters. The van der Waals surface area contributed by atoms with E-state index in [0.29, 0.717) is 18.5 Å². The molecule has 0 fully saturated rings. The lowest BCUT2D eigenvalue weighted by molar-refractivity contribution is -0.138. The number of aromatic nitrogens is 1. The summed E-state index contributed by atoms with van der Waals surface area (Å²) < 4.78 is 54.5. The maximum absolute atomic E-state index is 13.8. The minimum atomic E-state index is -4.70. The van der Waals surface area contributed by atoms with Crippen LogP contribution in [-0.2, 0) is 23.8 Å². The van der Waals surface area contributed by atoms with Crippen molar-refractivity contribution in [2.24, 2.45) is 5.92 Å². The van der Waals surface area contributed by atoms with Crippen molar-refractivity contribution < 1.29 is 22.4 Å². The molecule has 0 radical (unpaired) electrons. The molecule has 1 aromatic heterocycles. The molecule has 1 unspecified atom stereocenters. The Morgan fingerprint density at radius 1 is 1.43 bits per heavy atom. The van der Waals surface area contributed by atoms with Crippen LogP contribution in [0.3, 0.4) is 0 Å². The number of nitrogens with zero attached hydrogens (tertiary/aromatic N) is 2. The standard InChI is InChI=1S/C20H16ClF4N3OS/c1-10-2-5-16-12(6-10)18(20(23,24)25)13(8-26)19(28-16)30-9-17(29)27-11-3-4-15(22)14(21)7-11/h3-4,7,10H,2,5-6,9H2,1H3,(H,27,29). The molecular formula is C20H16ClF4N3OS. The molecule has 1 aliphatic rings. The topological polar surface area (TPSA) is 65.8 Å². The first-order valence-corrected chi connectivity index (χ1v) is 10.4. The molecular weight excluding hydrogens is 442 g/mol. The van der Waals surface area contributed by atoms with Gasteiger partial charge in [-0.15, -0.1) is 0 Å². The van der Waals surface area contributed by atoms with Gasteiger partial charge in [0.05, 0.1) is 21.9 Å². The Kier molecular flexibility index (Phi) is 6.58. The number of hydrogen-bond donors (Lipinski definition) is 1. The summed E-state index contributed by atoms with van der Waals surface area (Å²) in [7, 11) is 0. The fraction of sp³-hybridized carbons (Fsp3) is 0.350. The number of halogens is 5. The van der Waals surface area contributed by atoms with Crippen molar-refractivity contribution in [2.45, 2.75) is 37.4 Å². The SMILES string of the molecule is CC1CCc2nc(SCC(=O)Nc3ccc(F)c(Cl)c3)c(C#N)c(C(F)(F)F)c2C1. The zero-order chi connectivity index (χ0) is 22.1. The van der Waals surface area contributed by atoms with Crippen LogP contribution in [0, 0.1) is 23.1 Å². The number of rotatable bonds is 4. The minimum absolute atomic E-state index is 0.0683. The van der Waals surface area contributed by atoms with Crippen LogP contribution < -0.4 is 5.32 Å². The highest BCUT2D eigenvalue weighted by Gasteiger charge is 2.40. The van der Waals surface area contributed by atoms with E-state index >= 15 is 0 Å². The van der Waals surface area contributed by atoms with Crippen molar-refractivity contribution in [3.8, 4) is 6.07 Å². The lowest BCUT2D eigenvalue weighted by Crippen LogP contribution is -2.22. The van der Waals surface area contributed by atoms with Gasteiger partial charge >= 0.3 is 6.18 Å². The molecule has 0 saturated heterocycles. The Bertz CT molecular complexity index is 1040. The van der Waals surface area contributed by atoms with Gasteiger partial charge in [-0.25, -0.2) is 9.37 Å². The fourth-order valence-corrected chi connectivity index (χ4v) is 4.32. The normalized spacial score (nSPS) is 16.0. The van der Waals surface area contributed by atoms with Gasteiger partial charge in [-0.05, 0) is 48.9 Å². The third kappa shape index (κ3) is 4.87. The molecule has 2 aromatic rings. The zero-order valence-electron chi connectivity index (χ0n) is 15.7. The third-order valence-corrected chi connectivity index (χ3v) is 5.98. The lowest BCUT2D eigenvalue weighted by atomic mass is 9.84. The maximum Gasteiger partial charge on any atom is 0.418 e. The van der Waals surface area contributed by atoms with Crippen LogP contribution in [0.4, 0.5) is 23.2 Å². The summed E-state index contributed by atoms with van der Waals surface area (Å²) in [5.74, 6) is -1.40. The predicted molar refractivity (Wildman–Crippen MR) is 106 cm³/mol. The van der Waals surface area contributed by atoms with Crippen molar-refractivity contribution in [1.29, 1.82) is 5.26 Å². The largest absolute Gasteiger partial charge is 0.418 e. The Labute approximate surface area is 179 Å². The number of nitriles is 1. The number of thioether (sulfide) groups is 1. The van der Waals surface area contributed by atoms with E-state index in [4.69, 9.17) is 11.6 Å². The molecule has 1 aliphatic carbocycles. The number of carbonyl (C=O) groups is 1. The summed E-state index contributed by atoms with van der Waals surface area (Å²) >= 11 is 6.42. The monoisotopic (exact) mass is 457 g/mol. The molecule has 30 heavy (non-hydrogen) atoms. The van der Waals surface area contributed by atoms with Crippen molar-refractivity contribution in [3.05, 3.63) is 51.4 Å². The molecule has 0 bridgehead atoms. The second-order valence-corrected chi connectivity index (χ2v) is 8.39. The van der Waals surface area contributed by atoms with E-state index in [0.717, 1.165) is 17.8 Å². The van der Waals surface area contributed by atoms with Crippen LogP contribution in [0.1, 0.15) is 35.7 Å². The Morgan fingerprint density at radius 2 is 2.17 bits per heavy atom. The van der Waals surface area contributed by atoms with Gasteiger partial charge in [-0.3, -0.25) is 4.79 Å². The van der Waals surface area contributed by atoms with Gasteiger partial charge in [-0.2, -0.15) is 18.4 Å². The number of anilines is 1. The molecule has 0 spiro atoms. The van der Waals surface area contributed by atoms with Gasteiger partial charge in [-0.1, -0.05) is 30.3 Å². The van der Waals surface area contributed by atoms with Crippen LogP contribution in [0.25, 0.3) is 0 Å². The lowest BCUT2D eigenvalue weighted by Gasteiger charge is -2.26. The van der Waals surface area contributed by atoms with Gasteiger partial charge in [0.25, 0.3) is 0 Å². The molecule has 0 aliphatic heterocycles. The Hall–Kier alpha value is -2.31. The highest BCUT2D eigenvalue weighted by atomic mass is 35.5. The van der Waals surface area contributed by atoms with E-state index in [-0.39, 0.29) is 39.4 Å². The van der Waals surface area contributed by atoms with Crippen LogP contribution in [0.5, 0.6) is 0 Å². The van der Waals surface area contributed by atoms with E-state index in [2.05, 4.69) is 10.3 Å². The Morgan fingerprint density at radius 3 is 2.80 bits per heavy atom. The van der Waals surface area contributed by atoms with E-state index in [1.807, 2.05) is 6.92 Å². The highest BCUT2D eigenvalue weighted by Crippen LogP contribution is 2.42. The number of benzene rings is 1. The fourth-order valence-electron chi connectivity index (χ4n) is 3.33. The van der Waals surface area contributed by atoms with Gasteiger partial charge < -0.3 is 5.32 Å². The number of fused-ring (bicyclic) bond motifs is 1. The molecule has 3 rings (SSSR count). The van der Waals surface area contributed by atoms with Gasteiger partial charge in [0.1, 0.15) is 16.9 Å². The Balaban J connectivity index is 1.86. The second kappa shape index (κ2) is 8.82. The summed E-state index contributed by atoms with van der Waals surface area (Å²) in [6.07, 6.45) is -3.39. The molecule has 1 N–H and O–H groups in total. The number of aryl methyl sites for hydroxylation is 1. The maximum atomic E-state index is 13.8. The van der Waals surface area contributed by atoms with E-state index in [1.165, 1.54) is 12.1 Å². The van der Waals surface area contributed by atoms with E-state index < -0.39 is 29.0 Å². The number of amides is 1. The van der Waals surface area contributed by atoms with E-state index in [1.54, 1.807) is 6.07 Å².